The molecule has 32 heavy (non-hydrogen) atoms. The van der Waals surface area contributed by atoms with E-state index in [4.69, 9.17) is 9.84 Å². The molecule has 178 valence electrons. The Hall–Kier alpha value is -2.45. The number of benzene rings is 1. The van der Waals surface area contributed by atoms with E-state index in [1.807, 2.05) is 12.1 Å². The summed E-state index contributed by atoms with van der Waals surface area (Å²) in [5.41, 5.74) is 1.09. The van der Waals surface area contributed by atoms with Crippen LogP contribution in [0, 0.1) is 5.92 Å². The Kier molecular flexibility index (Phi) is 9.21. The lowest BCUT2D eigenvalue weighted by Gasteiger charge is -2.35. The van der Waals surface area contributed by atoms with Gasteiger partial charge in [-0.3, -0.25) is 9.59 Å². The molecule has 1 saturated heterocycles. The Morgan fingerprint density at radius 3 is 2.59 bits per heavy atom. The van der Waals surface area contributed by atoms with Crippen molar-refractivity contribution in [1.29, 1.82) is 0 Å². The van der Waals surface area contributed by atoms with Crippen molar-refractivity contribution in [3.8, 4) is 5.75 Å². The number of nitrogens with one attached hydrogen (secondary N) is 1. The maximum atomic E-state index is 12.3. The van der Waals surface area contributed by atoms with Crippen LogP contribution in [0.4, 0.5) is 0 Å². The second-order valence-corrected chi connectivity index (χ2v) is 9.12. The van der Waals surface area contributed by atoms with Gasteiger partial charge in [0.2, 0.25) is 5.91 Å². The van der Waals surface area contributed by atoms with Crippen molar-refractivity contribution in [3.63, 3.8) is 0 Å². The van der Waals surface area contributed by atoms with Gasteiger partial charge in [0.05, 0.1) is 6.42 Å². The van der Waals surface area contributed by atoms with Crippen LogP contribution >= 0.6 is 0 Å². The molecule has 1 aliphatic rings. The van der Waals surface area contributed by atoms with E-state index in [2.05, 4.69) is 30.3 Å². The number of nitrogens with zero attached hydrogens (tertiary/aromatic N) is 1. The number of aliphatic hydroxyl groups is 1. The topological polar surface area (TPSA) is 116 Å². The van der Waals surface area contributed by atoms with Gasteiger partial charge in [-0.15, -0.1) is 0 Å². The zero-order valence-electron chi connectivity index (χ0n) is 19.5. The summed E-state index contributed by atoms with van der Waals surface area (Å²) in [6, 6.07) is 6.31. The van der Waals surface area contributed by atoms with Gasteiger partial charge in [-0.25, -0.2) is 4.79 Å². The van der Waals surface area contributed by atoms with Crippen molar-refractivity contribution >= 4 is 17.8 Å². The Bertz CT molecular complexity index is 811. The summed E-state index contributed by atoms with van der Waals surface area (Å²) in [6.45, 7) is 7.45. The molecule has 0 bridgehead atoms. The lowest BCUT2D eigenvalue weighted by Crippen LogP contribution is -2.48. The molecule has 3 atom stereocenters. The normalized spacial score (nSPS) is 21.4. The first-order chi connectivity index (χ1) is 15.1. The standard InChI is InChI=1S/C24H36N2O6/c1-5-24(11-6-7-12-26(4)15-24)17-9-8-10-18(13-17)32-20(28)14-19(27)22(29)25-21(16(2)3)23(30)31/h8-10,13,16,19,21,27H,5-7,11-12,14-15H2,1-4H3,(H,25,29)(H,30,31). The average Bonchev–Trinajstić information content (AvgIpc) is 2.93. The van der Waals surface area contributed by atoms with E-state index in [9.17, 15) is 19.5 Å². The summed E-state index contributed by atoms with van der Waals surface area (Å²) >= 11 is 0. The highest BCUT2D eigenvalue weighted by molar-refractivity contribution is 5.89. The van der Waals surface area contributed by atoms with E-state index in [-0.39, 0.29) is 11.3 Å². The lowest BCUT2D eigenvalue weighted by atomic mass is 9.74. The molecular formula is C24H36N2O6. The number of likely N-dealkylation sites (N-methyl/N-ethyl adjacent to an activating group) is 1. The minimum Gasteiger partial charge on any atom is -0.480 e. The number of carboxylic acids is 1. The van der Waals surface area contributed by atoms with Gasteiger partial charge in [-0.2, -0.15) is 0 Å². The van der Waals surface area contributed by atoms with Gasteiger partial charge in [0, 0.05) is 12.0 Å². The quantitative estimate of drug-likeness (QED) is 0.392. The van der Waals surface area contributed by atoms with Crippen LogP contribution in [0.15, 0.2) is 24.3 Å². The molecule has 3 N–H and O–H groups in total. The van der Waals surface area contributed by atoms with Gasteiger partial charge in [0.15, 0.2) is 0 Å². The smallest absolute Gasteiger partial charge is 0.326 e. The molecule has 0 radical (unpaired) electrons. The number of likely N-dealkylation sites (tertiary alicyclic amines) is 1. The van der Waals surface area contributed by atoms with E-state index in [0.29, 0.717) is 5.75 Å². The highest BCUT2D eigenvalue weighted by Gasteiger charge is 2.33. The lowest BCUT2D eigenvalue weighted by molar-refractivity contribution is -0.146. The van der Waals surface area contributed by atoms with Crippen molar-refractivity contribution in [2.45, 2.75) is 70.4 Å². The SMILES string of the molecule is CCC1(c2cccc(OC(=O)CC(O)C(=O)NC(C(=O)O)C(C)C)c2)CCCCN(C)C1. The zero-order valence-corrected chi connectivity index (χ0v) is 19.5. The first-order valence-electron chi connectivity index (χ1n) is 11.3. The third kappa shape index (κ3) is 6.77. The van der Waals surface area contributed by atoms with Crippen LogP contribution in [0.25, 0.3) is 0 Å². The van der Waals surface area contributed by atoms with E-state index >= 15 is 0 Å². The molecule has 2 rings (SSSR count). The molecule has 0 aliphatic carbocycles. The van der Waals surface area contributed by atoms with Crippen molar-refractivity contribution in [1.82, 2.24) is 10.2 Å². The Morgan fingerprint density at radius 2 is 1.97 bits per heavy atom. The second kappa shape index (κ2) is 11.4. The molecule has 1 fully saturated rings. The molecule has 0 spiro atoms. The maximum Gasteiger partial charge on any atom is 0.326 e. The van der Waals surface area contributed by atoms with E-state index < -0.39 is 36.4 Å². The van der Waals surface area contributed by atoms with Crippen LogP contribution in [0.2, 0.25) is 0 Å². The molecule has 1 aliphatic heterocycles. The molecule has 8 nitrogen and oxygen atoms in total. The number of carboxylic acid groups (broad SMARTS) is 1. The minimum absolute atomic E-state index is 0.0181. The molecule has 3 unspecified atom stereocenters. The third-order valence-corrected chi connectivity index (χ3v) is 6.27. The number of carbonyl (C=O) groups is 3. The van der Waals surface area contributed by atoms with Crippen LogP contribution < -0.4 is 10.1 Å². The third-order valence-electron chi connectivity index (χ3n) is 6.27. The van der Waals surface area contributed by atoms with Crippen LogP contribution in [0.1, 0.15) is 58.4 Å². The fourth-order valence-corrected chi connectivity index (χ4v) is 4.32. The van der Waals surface area contributed by atoms with Crippen LogP contribution in [0.5, 0.6) is 5.75 Å². The molecule has 1 heterocycles. The fraction of sp³-hybridized carbons (Fsp3) is 0.625. The number of esters is 1. The number of amides is 1. The summed E-state index contributed by atoms with van der Waals surface area (Å²) in [4.78, 5) is 38.0. The fourth-order valence-electron chi connectivity index (χ4n) is 4.32. The monoisotopic (exact) mass is 448 g/mol. The number of carbonyl (C=O) groups excluding carboxylic acids is 2. The van der Waals surface area contributed by atoms with Gasteiger partial charge < -0.3 is 25.2 Å². The first-order valence-corrected chi connectivity index (χ1v) is 11.3. The molecule has 0 aromatic heterocycles. The van der Waals surface area contributed by atoms with E-state index in [1.165, 1.54) is 0 Å². The Balaban J connectivity index is 2.04. The number of rotatable bonds is 9. The molecule has 1 aromatic carbocycles. The van der Waals surface area contributed by atoms with Gasteiger partial charge in [0.1, 0.15) is 17.9 Å². The molecule has 0 saturated carbocycles. The van der Waals surface area contributed by atoms with Crippen molar-refractivity contribution < 1.29 is 29.3 Å². The number of ether oxygens (including phenoxy) is 1. The summed E-state index contributed by atoms with van der Waals surface area (Å²) in [5.74, 6) is -2.88. The van der Waals surface area contributed by atoms with Crippen LogP contribution in [-0.2, 0) is 19.8 Å². The molecule has 1 aromatic rings. The van der Waals surface area contributed by atoms with E-state index in [1.54, 1.807) is 19.9 Å². The molecular weight excluding hydrogens is 412 g/mol. The number of hydrogen-bond acceptors (Lipinski definition) is 6. The Morgan fingerprint density at radius 1 is 1.25 bits per heavy atom. The minimum atomic E-state index is -1.69. The van der Waals surface area contributed by atoms with Gasteiger partial charge in [-0.05, 0) is 56.5 Å². The number of hydrogen-bond donors (Lipinski definition) is 3. The number of aliphatic hydroxyl groups excluding tert-OH is 1. The van der Waals surface area contributed by atoms with Gasteiger partial charge in [0.25, 0.3) is 0 Å². The van der Waals surface area contributed by atoms with E-state index in [0.717, 1.165) is 44.3 Å². The number of aliphatic carboxylic acids is 1. The van der Waals surface area contributed by atoms with Crippen LogP contribution in [0.3, 0.4) is 0 Å². The Labute approximate surface area is 189 Å². The average molecular weight is 449 g/mol. The van der Waals surface area contributed by atoms with Crippen molar-refractivity contribution in [2.75, 3.05) is 20.1 Å². The second-order valence-electron chi connectivity index (χ2n) is 9.12. The molecule has 1 amide bonds. The van der Waals surface area contributed by atoms with Gasteiger partial charge >= 0.3 is 11.9 Å². The van der Waals surface area contributed by atoms with Gasteiger partial charge in [-0.1, -0.05) is 39.3 Å². The van der Waals surface area contributed by atoms with Crippen molar-refractivity contribution in [2.24, 2.45) is 5.92 Å². The summed E-state index contributed by atoms with van der Waals surface area (Å²) in [7, 11) is 2.13. The van der Waals surface area contributed by atoms with Crippen molar-refractivity contribution in [3.05, 3.63) is 29.8 Å². The zero-order chi connectivity index (χ0) is 23.9. The molecule has 8 heteroatoms. The highest BCUT2D eigenvalue weighted by atomic mass is 16.5. The highest BCUT2D eigenvalue weighted by Crippen LogP contribution is 2.37. The maximum absolute atomic E-state index is 12.3. The largest absolute Gasteiger partial charge is 0.480 e. The predicted molar refractivity (Wildman–Crippen MR) is 120 cm³/mol. The summed E-state index contributed by atoms with van der Waals surface area (Å²) in [5, 5.41) is 21.5. The summed E-state index contributed by atoms with van der Waals surface area (Å²) in [6.07, 6.45) is 2.06. The first kappa shape index (κ1) is 25.8. The van der Waals surface area contributed by atoms with Crippen LogP contribution in [-0.4, -0.2) is 65.2 Å². The summed E-state index contributed by atoms with van der Waals surface area (Å²) < 4.78 is 5.41. The predicted octanol–water partition coefficient (Wildman–Crippen LogP) is 2.33.